The van der Waals surface area contributed by atoms with Gasteiger partial charge >= 0.3 is 0 Å². The van der Waals surface area contributed by atoms with E-state index in [1.807, 2.05) is 27.7 Å². The first-order valence-electron chi connectivity index (χ1n) is 10.2. The van der Waals surface area contributed by atoms with Crippen LogP contribution in [0.15, 0.2) is 54.6 Å². The van der Waals surface area contributed by atoms with E-state index in [4.69, 9.17) is 4.74 Å². The molecule has 32 heavy (non-hydrogen) atoms. The Morgan fingerprint density at radius 2 is 1.69 bits per heavy atom. The summed E-state index contributed by atoms with van der Waals surface area (Å²) < 4.78 is 33.9. The molecule has 3 aromatic rings. The predicted molar refractivity (Wildman–Crippen MR) is 128 cm³/mol. The summed E-state index contributed by atoms with van der Waals surface area (Å²) in [5.74, 6) is 1.33. The number of hydrogen-bond acceptors (Lipinski definition) is 6. The van der Waals surface area contributed by atoms with Gasteiger partial charge in [-0.05, 0) is 78.9 Å². The molecule has 0 radical (unpaired) electrons. The van der Waals surface area contributed by atoms with Gasteiger partial charge in [0, 0.05) is 16.9 Å². The Balaban J connectivity index is 1.80. The maximum Gasteiger partial charge on any atom is 0.236 e. The molecule has 0 aliphatic heterocycles. The molecule has 7 nitrogen and oxygen atoms in total. The number of hydrogen-bond donors (Lipinski definition) is 3. The molecule has 3 rings (SSSR count). The summed E-state index contributed by atoms with van der Waals surface area (Å²) in [7, 11) is -3.69. The highest BCUT2D eigenvalue weighted by molar-refractivity contribution is 7.91. The summed E-state index contributed by atoms with van der Waals surface area (Å²) in [5, 5.41) is 20.8. The lowest BCUT2D eigenvalue weighted by Crippen LogP contribution is -2.15. The normalized spacial score (nSPS) is 11.4. The third-order valence-corrected chi connectivity index (χ3v) is 6.24. The highest BCUT2D eigenvalue weighted by Crippen LogP contribution is 2.35. The van der Waals surface area contributed by atoms with Crippen LogP contribution in [0, 0.1) is 19.1 Å². The third-order valence-electron chi connectivity index (χ3n) is 4.98. The van der Waals surface area contributed by atoms with Crippen molar-refractivity contribution in [3.63, 3.8) is 0 Å². The van der Waals surface area contributed by atoms with Gasteiger partial charge < -0.3 is 20.5 Å². The van der Waals surface area contributed by atoms with Crippen molar-refractivity contribution in [1.29, 1.82) is 0 Å². The van der Waals surface area contributed by atoms with E-state index in [1.54, 1.807) is 54.0 Å². The number of anilines is 2. The van der Waals surface area contributed by atoms with Crippen molar-refractivity contribution in [3.8, 4) is 17.2 Å². The van der Waals surface area contributed by atoms with Crippen LogP contribution >= 0.6 is 0 Å². The minimum absolute atomic E-state index is 0.141. The molecule has 3 aromatic carbocycles. The predicted octanol–water partition coefficient (Wildman–Crippen LogP) is 5.78. The molecule has 0 aliphatic carbocycles. The first-order chi connectivity index (χ1) is 15.1. The number of aryl methyl sites for hydroxylation is 2. The molecule has 0 saturated heterocycles. The van der Waals surface area contributed by atoms with Crippen molar-refractivity contribution in [2.75, 3.05) is 10.2 Å². The SMILES string of the molecule is Cc1cc(NS(=O)(=O)Cc2cccc(N[O-])c2)cc(C)c1Oc1ccc(O)c(C(C)C)c1. The van der Waals surface area contributed by atoms with Crippen LogP contribution in [-0.2, 0) is 15.8 Å². The first kappa shape index (κ1) is 23.4. The average Bonchev–Trinajstić information content (AvgIpc) is 2.71. The standard InChI is InChI=1S/C24H27N2O5S/c1-15(2)22-13-21(8-9-23(22)27)31-24-16(3)10-20(11-17(24)4)26-32(29,30)14-18-6-5-7-19(12-18)25-28/h5-13,15,25-27H,14H2,1-4H3/q-1. The highest BCUT2D eigenvalue weighted by atomic mass is 32.2. The van der Waals surface area contributed by atoms with Gasteiger partial charge in [0.2, 0.25) is 10.0 Å². The van der Waals surface area contributed by atoms with E-state index in [1.165, 1.54) is 6.07 Å². The quantitative estimate of drug-likeness (QED) is 0.372. The summed E-state index contributed by atoms with van der Waals surface area (Å²) in [5.41, 5.74) is 5.32. The van der Waals surface area contributed by atoms with Gasteiger partial charge in [-0.2, -0.15) is 0 Å². The van der Waals surface area contributed by atoms with Gasteiger partial charge in [0.1, 0.15) is 17.2 Å². The van der Waals surface area contributed by atoms with E-state index in [0.29, 0.717) is 28.4 Å². The fraction of sp³-hybridized carbons (Fsp3) is 0.250. The topological polar surface area (TPSA) is 111 Å². The molecule has 0 unspecified atom stereocenters. The molecule has 0 aromatic heterocycles. The minimum atomic E-state index is -3.69. The maximum absolute atomic E-state index is 12.6. The van der Waals surface area contributed by atoms with Crippen LogP contribution in [0.2, 0.25) is 0 Å². The molecule has 0 bridgehead atoms. The summed E-state index contributed by atoms with van der Waals surface area (Å²) in [4.78, 5) is 0. The van der Waals surface area contributed by atoms with E-state index in [9.17, 15) is 18.7 Å². The van der Waals surface area contributed by atoms with Crippen LogP contribution in [-0.4, -0.2) is 13.5 Å². The van der Waals surface area contributed by atoms with E-state index < -0.39 is 10.0 Å². The van der Waals surface area contributed by atoms with Gasteiger partial charge in [0.15, 0.2) is 0 Å². The number of aromatic hydroxyl groups is 1. The van der Waals surface area contributed by atoms with E-state index in [0.717, 1.165) is 16.7 Å². The number of benzene rings is 3. The molecule has 3 N–H and O–H groups in total. The van der Waals surface area contributed by atoms with Crippen molar-refractivity contribution >= 4 is 21.4 Å². The smallest absolute Gasteiger partial charge is 0.236 e. The Kier molecular flexibility index (Phi) is 6.96. The van der Waals surface area contributed by atoms with Gasteiger partial charge in [0.05, 0.1) is 5.75 Å². The van der Waals surface area contributed by atoms with Crippen molar-refractivity contribution in [2.45, 2.75) is 39.4 Å². The van der Waals surface area contributed by atoms with E-state index >= 15 is 0 Å². The molecule has 8 heteroatoms. The van der Waals surface area contributed by atoms with Crippen LogP contribution < -0.4 is 14.9 Å². The van der Waals surface area contributed by atoms with Gasteiger partial charge in [-0.1, -0.05) is 26.0 Å². The molecule has 0 fully saturated rings. The maximum atomic E-state index is 12.6. The molecular formula is C24H27N2O5S-. The zero-order valence-electron chi connectivity index (χ0n) is 18.5. The average molecular weight is 456 g/mol. The van der Waals surface area contributed by atoms with Crippen molar-refractivity contribution in [3.05, 3.63) is 82.1 Å². The zero-order chi connectivity index (χ0) is 23.5. The van der Waals surface area contributed by atoms with Crippen LogP contribution in [0.3, 0.4) is 0 Å². The fourth-order valence-corrected chi connectivity index (χ4v) is 4.67. The van der Waals surface area contributed by atoms with Gasteiger partial charge in [-0.15, -0.1) is 0 Å². The molecule has 0 aliphatic rings. The Labute approximate surface area is 188 Å². The molecule has 0 amide bonds. The highest BCUT2D eigenvalue weighted by Gasteiger charge is 2.16. The number of nitrogens with one attached hydrogen (secondary N) is 2. The van der Waals surface area contributed by atoms with Crippen LogP contribution in [0.25, 0.3) is 0 Å². The second-order valence-electron chi connectivity index (χ2n) is 8.08. The number of rotatable bonds is 8. The molecule has 0 atom stereocenters. The monoisotopic (exact) mass is 455 g/mol. The largest absolute Gasteiger partial charge is 0.761 e. The summed E-state index contributed by atoms with van der Waals surface area (Å²) in [6, 6.07) is 14.9. The van der Waals surface area contributed by atoms with E-state index in [2.05, 4.69) is 4.72 Å². The Hall–Kier alpha value is -3.23. The number of phenolic OH excluding ortho intramolecular Hbond substituents is 1. The Morgan fingerprint density at radius 1 is 1.00 bits per heavy atom. The van der Waals surface area contributed by atoms with E-state index in [-0.39, 0.29) is 17.4 Å². The summed E-state index contributed by atoms with van der Waals surface area (Å²) in [6.45, 7) is 7.66. The number of sulfonamides is 1. The summed E-state index contributed by atoms with van der Waals surface area (Å²) >= 11 is 0. The van der Waals surface area contributed by atoms with Gasteiger partial charge in [-0.25, -0.2) is 8.42 Å². The third kappa shape index (κ3) is 5.72. The lowest BCUT2D eigenvalue weighted by atomic mass is 10.0. The number of phenols is 1. The second kappa shape index (κ2) is 9.50. The molecule has 0 heterocycles. The lowest BCUT2D eigenvalue weighted by molar-refractivity contribution is 0.452. The van der Waals surface area contributed by atoms with Crippen LogP contribution in [0.5, 0.6) is 17.2 Å². The molecule has 170 valence electrons. The van der Waals surface area contributed by atoms with Gasteiger partial charge in [0.25, 0.3) is 0 Å². The fourth-order valence-electron chi connectivity index (χ4n) is 3.51. The first-order valence-corrected chi connectivity index (χ1v) is 11.8. The molecular weight excluding hydrogens is 428 g/mol. The zero-order valence-corrected chi connectivity index (χ0v) is 19.3. The Bertz CT molecular complexity index is 1200. The van der Waals surface area contributed by atoms with Crippen LogP contribution in [0.4, 0.5) is 11.4 Å². The van der Waals surface area contributed by atoms with Crippen molar-refractivity contribution in [2.24, 2.45) is 0 Å². The second-order valence-corrected chi connectivity index (χ2v) is 9.80. The van der Waals surface area contributed by atoms with Crippen molar-refractivity contribution < 1.29 is 18.3 Å². The lowest BCUT2D eigenvalue weighted by Gasteiger charge is -2.17. The Morgan fingerprint density at radius 3 is 2.31 bits per heavy atom. The minimum Gasteiger partial charge on any atom is -0.761 e. The molecule has 0 saturated carbocycles. The van der Waals surface area contributed by atoms with Crippen LogP contribution in [0.1, 0.15) is 42.0 Å². The van der Waals surface area contributed by atoms with Crippen molar-refractivity contribution in [1.82, 2.24) is 0 Å². The molecule has 0 spiro atoms. The number of ether oxygens (including phenoxy) is 1. The van der Waals surface area contributed by atoms with Gasteiger partial charge in [-0.3, -0.25) is 4.72 Å². The summed E-state index contributed by atoms with van der Waals surface area (Å²) in [6.07, 6.45) is 0.